The average molecular weight is 363 g/mol. The Morgan fingerprint density at radius 2 is 1.65 bits per heavy atom. The number of hydrogen-bond donors (Lipinski definition) is 2. The molecule has 3 rings (SSSR count). The highest BCUT2D eigenvalue weighted by molar-refractivity contribution is 8.13. The lowest BCUT2D eigenvalue weighted by Gasteiger charge is -2.03. The number of nitrogens with zero attached hydrogens (tertiary/aromatic N) is 3. The molecule has 0 unspecified atom stereocenters. The van der Waals surface area contributed by atoms with Gasteiger partial charge < -0.3 is 10.2 Å². The van der Waals surface area contributed by atoms with E-state index in [1.165, 1.54) is 24.2 Å². The van der Waals surface area contributed by atoms with Gasteiger partial charge in [0.25, 0.3) is 0 Å². The molecule has 2 N–H and O–H groups in total. The molecule has 0 bridgehead atoms. The number of aromatic hydroxyl groups is 2. The molecule has 6 heteroatoms. The van der Waals surface area contributed by atoms with Crippen LogP contribution in [0, 0.1) is 0 Å². The lowest BCUT2D eigenvalue weighted by Crippen LogP contribution is -1.90. The van der Waals surface area contributed by atoms with Crippen molar-refractivity contribution in [1.82, 2.24) is 0 Å². The number of aliphatic imine (C=N–C) groups is 1. The molecule has 0 atom stereocenters. The normalized spacial score (nSPS) is 12.4. The molecule has 0 radical (unpaired) electrons. The fourth-order valence-corrected chi connectivity index (χ4v) is 2.68. The lowest BCUT2D eigenvalue weighted by molar-refractivity contribution is 0.474. The van der Waals surface area contributed by atoms with E-state index >= 15 is 0 Å². The van der Waals surface area contributed by atoms with Crippen LogP contribution in [0.2, 0.25) is 0 Å². The number of benzene rings is 3. The molecule has 0 aliphatic rings. The molecule has 3 aromatic carbocycles. The average Bonchev–Trinajstić information content (AvgIpc) is 2.67. The van der Waals surface area contributed by atoms with Crippen molar-refractivity contribution in [3.63, 3.8) is 0 Å². The molecule has 0 saturated carbocycles. The zero-order valence-electron chi connectivity index (χ0n) is 14.1. The first-order chi connectivity index (χ1) is 12.7. The highest BCUT2D eigenvalue weighted by atomic mass is 32.2. The summed E-state index contributed by atoms with van der Waals surface area (Å²) in [5.74, 6) is 0.298. The van der Waals surface area contributed by atoms with Crippen molar-refractivity contribution in [2.75, 3.05) is 6.26 Å². The van der Waals surface area contributed by atoms with Crippen LogP contribution in [0.3, 0.4) is 0 Å². The van der Waals surface area contributed by atoms with Crippen molar-refractivity contribution in [2.45, 2.75) is 0 Å². The van der Waals surface area contributed by atoms with Crippen LogP contribution in [-0.2, 0) is 0 Å². The molecule has 0 fully saturated rings. The Morgan fingerprint density at radius 1 is 0.885 bits per heavy atom. The molecule has 5 nitrogen and oxygen atoms in total. The van der Waals surface area contributed by atoms with Gasteiger partial charge in [-0.3, -0.25) is 0 Å². The fourth-order valence-electron chi connectivity index (χ4n) is 2.40. The SMILES string of the molecule is CSC(=N\N=C\c1c(O)ccc2ccccc12)/N=C/c1ccccc1O. The zero-order chi connectivity index (χ0) is 18.4. The zero-order valence-corrected chi connectivity index (χ0v) is 14.9. The van der Waals surface area contributed by atoms with Crippen LogP contribution in [-0.4, -0.2) is 34.1 Å². The summed E-state index contributed by atoms with van der Waals surface area (Å²) in [5, 5.41) is 30.4. The number of amidine groups is 1. The summed E-state index contributed by atoms with van der Waals surface area (Å²) in [7, 11) is 0. The molecule has 3 aromatic rings. The van der Waals surface area contributed by atoms with E-state index in [1.807, 2.05) is 42.7 Å². The van der Waals surface area contributed by atoms with Gasteiger partial charge in [-0.2, -0.15) is 5.10 Å². The second kappa shape index (κ2) is 8.31. The topological polar surface area (TPSA) is 77.5 Å². The van der Waals surface area contributed by atoms with Gasteiger partial charge in [-0.15, -0.1) is 5.10 Å². The summed E-state index contributed by atoms with van der Waals surface area (Å²) in [4.78, 5) is 4.24. The van der Waals surface area contributed by atoms with E-state index in [0.29, 0.717) is 16.3 Å². The fraction of sp³-hybridized carbons (Fsp3) is 0.0500. The maximum Gasteiger partial charge on any atom is 0.208 e. The first-order valence-electron chi connectivity index (χ1n) is 7.87. The summed E-state index contributed by atoms with van der Waals surface area (Å²) in [6.07, 6.45) is 4.89. The van der Waals surface area contributed by atoms with Gasteiger partial charge in [-0.05, 0) is 35.2 Å². The van der Waals surface area contributed by atoms with Gasteiger partial charge in [-0.25, -0.2) is 4.99 Å². The van der Waals surface area contributed by atoms with E-state index < -0.39 is 0 Å². The molecule has 0 spiro atoms. The summed E-state index contributed by atoms with van der Waals surface area (Å²) >= 11 is 1.33. The molecular formula is C20H17N3O2S. The Labute approximate surface area is 155 Å². The standard InChI is InChI=1S/C20H17N3O2S/c1-26-20(21-12-15-7-3-5-9-18(15)24)23-22-13-17-16-8-4-2-6-14(16)10-11-19(17)25/h2-13,24-25H,1H3/b21-12+,22-13+,23-20-. The van der Waals surface area contributed by atoms with Gasteiger partial charge in [-0.1, -0.05) is 54.2 Å². The maximum absolute atomic E-state index is 10.1. The minimum Gasteiger partial charge on any atom is -0.507 e. The summed E-state index contributed by atoms with van der Waals surface area (Å²) in [6.45, 7) is 0. The minimum atomic E-state index is 0.145. The first-order valence-corrected chi connectivity index (χ1v) is 9.09. The van der Waals surface area contributed by atoms with Crippen molar-refractivity contribution < 1.29 is 10.2 Å². The van der Waals surface area contributed by atoms with Gasteiger partial charge in [0, 0.05) is 17.3 Å². The predicted molar refractivity (Wildman–Crippen MR) is 110 cm³/mol. The van der Waals surface area contributed by atoms with E-state index in [2.05, 4.69) is 15.2 Å². The Hall–Kier alpha value is -3.12. The van der Waals surface area contributed by atoms with Crippen molar-refractivity contribution in [2.24, 2.45) is 15.2 Å². The van der Waals surface area contributed by atoms with Gasteiger partial charge in [0.1, 0.15) is 11.5 Å². The second-order valence-corrected chi connectivity index (χ2v) is 6.14. The molecule has 0 aliphatic carbocycles. The summed E-state index contributed by atoms with van der Waals surface area (Å²) in [6, 6.07) is 18.2. The van der Waals surface area contributed by atoms with Crippen molar-refractivity contribution in [1.29, 1.82) is 0 Å². The van der Waals surface area contributed by atoms with Crippen LogP contribution in [0.1, 0.15) is 11.1 Å². The third-order valence-electron chi connectivity index (χ3n) is 3.71. The van der Waals surface area contributed by atoms with Crippen LogP contribution in [0.4, 0.5) is 0 Å². The molecule has 130 valence electrons. The van der Waals surface area contributed by atoms with Gasteiger partial charge >= 0.3 is 0 Å². The van der Waals surface area contributed by atoms with Gasteiger partial charge in [0.05, 0.1) is 6.21 Å². The van der Waals surface area contributed by atoms with E-state index in [0.717, 1.165) is 10.8 Å². The predicted octanol–water partition coefficient (Wildman–Crippen LogP) is 4.42. The third-order valence-corrected chi connectivity index (χ3v) is 4.26. The van der Waals surface area contributed by atoms with Gasteiger partial charge in [0.15, 0.2) is 0 Å². The van der Waals surface area contributed by atoms with Crippen LogP contribution in [0.25, 0.3) is 10.8 Å². The van der Waals surface area contributed by atoms with Crippen LogP contribution in [0.5, 0.6) is 11.5 Å². The number of para-hydroxylation sites is 1. The van der Waals surface area contributed by atoms with E-state index in [-0.39, 0.29) is 11.5 Å². The molecule has 0 heterocycles. The number of fused-ring (bicyclic) bond motifs is 1. The van der Waals surface area contributed by atoms with Crippen LogP contribution < -0.4 is 0 Å². The number of thioether (sulfide) groups is 1. The number of phenolic OH excluding ortho intramolecular Hbond substituents is 2. The summed E-state index contributed by atoms with van der Waals surface area (Å²) < 4.78 is 0. The molecule has 26 heavy (non-hydrogen) atoms. The Kier molecular flexibility index (Phi) is 5.66. The van der Waals surface area contributed by atoms with Crippen LogP contribution >= 0.6 is 11.8 Å². The monoisotopic (exact) mass is 363 g/mol. The Bertz CT molecular complexity index is 1010. The number of hydrogen-bond acceptors (Lipinski definition) is 5. The highest BCUT2D eigenvalue weighted by Gasteiger charge is 2.04. The summed E-state index contributed by atoms with van der Waals surface area (Å²) in [5.41, 5.74) is 1.21. The van der Waals surface area contributed by atoms with Crippen molar-refractivity contribution in [3.05, 3.63) is 71.8 Å². The lowest BCUT2D eigenvalue weighted by atomic mass is 10.0. The molecule has 0 amide bonds. The van der Waals surface area contributed by atoms with Crippen LogP contribution in [0.15, 0.2) is 75.9 Å². The molecule has 0 aliphatic heterocycles. The Balaban J connectivity index is 1.86. The number of rotatable bonds is 3. The minimum absolute atomic E-state index is 0.145. The quantitative estimate of drug-likeness (QED) is 0.411. The van der Waals surface area contributed by atoms with Crippen molar-refractivity contribution in [3.8, 4) is 11.5 Å². The number of phenols is 2. The highest BCUT2D eigenvalue weighted by Crippen LogP contribution is 2.25. The third kappa shape index (κ3) is 4.10. The van der Waals surface area contributed by atoms with E-state index in [4.69, 9.17) is 0 Å². The maximum atomic E-state index is 10.1. The second-order valence-electron chi connectivity index (χ2n) is 5.37. The van der Waals surface area contributed by atoms with E-state index in [9.17, 15) is 10.2 Å². The van der Waals surface area contributed by atoms with E-state index in [1.54, 1.807) is 24.3 Å². The largest absolute Gasteiger partial charge is 0.507 e. The molecule has 0 aromatic heterocycles. The van der Waals surface area contributed by atoms with Crippen molar-refractivity contribution >= 4 is 40.1 Å². The smallest absolute Gasteiger partial charge is 0.208 e. The molecular weight excluding hydrogens is 346 g/mol. The Morgan fingerprint density at radius 3 is 2.46 bits per heavy atom. The van der Waals surface area contributed by atoms with Gasteiger partial charge in [0.2, 0.25) is 5.17 Å². The molecule has 0 saturated heterocycles. The first kappa shape index (κ1) is 17.7.